The zero-order valence-electron chi connectivity index (χ0n) is 13.8. The van der Waals surface area contributed by atoms with E-state index in [0.29, 0.717) is 6.54 Å². The molecule has 0 bridgehead atoms. The van der Waals surface area contributed by atoms with Crippen molar-refractivity contribution >= 4 is 6.09 Å². The van der Waals surface area contributed by atoms with Crippen LogP contribution in [0.2, 0.25) is 0 Å². The van der Waals surface area contributed by atoms with Gasteiger partial charge in [-0.05, 0) is 58.4 Å². The number of ether oxygens (including phenoxy) is 1. The van der Waals surface area contributed by atoms with Crippen LogP contribution in [0.1, 0.15) is 37.7 Å². The summed E-state index contributed by atoms with van der Waals surface area (Å²) in [5.74, 6) is 0. The van der Waals surface area contributed by atoms with E-state index in [1.54, 1.807) is 0 Å². The van der Waals surface area contributed by atoms with Gasteiger partial charge in [0.25, 0.3) is 0 Å². The van der Waals surface area contributed by atoms with Crippen molar-refractivity contribution in [1.29, 1.82) is 0 Å². The first-order valence-electron chi connectivity index (χ1n) is 7.34. The Kier molecular flexibility index (Phi) is 4.54. The largest absolute Gasteiger partial charge is 0.444 e. The fraction of sp³-hybridized carbons (Fsp3) is 0.412. The molecule has 2 rings (SSSR count). The molecule has 2 aromatic rings. The summed E-state index contributed by atoms with van der Waals surface area (Å²) >= 11 is 0. The van der Waals surface area contributed by atoms with Crippen molar-refractivity contribution in [2.24, 2.45) is 0 Å². The number of nitrogens with one attached hydrogen (secondary N) is 1. The maximum atomic E-state index is 11.7. The van der Waals surface area contributed by atoms with Gasteiger partial charge < -0.3 is 10.1 Å². The lowest BCUT2D eigenvalue weighted by Crippen LogP contribution is -2.32. The number of hydrogen-bond donors (Lipinski definition) is 1. The van der Waals surface area contributed by atoms with E-state index >= 15 is 0 Å². The summed E-state index contributed by atoms with van der Waals surface area (Å²) in [6.45, 7) is 9.94. The third kappa shape index (κ3) is 4.35. The predicted octanol–water partition coefficient (Wildman–Crippen LogP) is 3.51. The van der Waals surface area contributed by atoms with E-state index in [4.69, 9.17) is 4.74 Å². The highest BCUT2D eigenvalue weighted by Crippen LogP contribution is 2.14. The molecule has 1 heterocycles. The van der Waals surface area contributed by atoms with Gasteiger partial charge in [-0.15, -0.1) is 0 Å². The number of aryl methyl sites for hydroxylation is 2. The summed E-state index contributed by atoms with van der Waals surface area (Å²) in [6.07, 6.45) is -0.413. The van der Waals surface area contributed by atoms with Crippen molar-refractivity contribution in [2.45, 2.75) is 46.8 Å². The van der Waals surface area contributed by atoms with Gasteiger partial charge in [0.05, 0.1) is 11.4 Å². The topological polar surface area (TPSA) is 56.2 Å². The SMILES string of the molecule is Cc1cc(C)n(-c2cccc(CNC(=O)OC(C)(C)C)c2)n1. The number of alkyl carbamates (subject to hydrolysis) is 1. The zero-order chi connectivity index (χ0) is 16.3. The van der Waals surface area contributed by atoms with Crippen LogP contribution in [-0.4, -0.2) is 21.5 Å². The molecule has 0 fully saturated rings. The molecule has 0 atom stereocenters. The van der Waals surface area contributed by atoms with Gasteiger partial charge in [0.2, 0.25) is 0 Å². The van der Waals surface area contributed by atoms with E-state index in [2.05, 4.69) is 10.4 Å². The monoisotopic (exact) mass is 301 g/mol. The van der Waals surface area contributed by atoms with Crippen LogP contribution in [0.25, 0.3) is 5.69 Å². The summed E-state index contributed by atoms with van der Waals surface area (Å²) < 4.78 is 7.12. The molecule has 118 valence electrons. The fourth-order valence-corrected chi connectivity index (χ4v) is 2.18. The molecular weight excluding hydrogens is 278 g/mol. The molecule has 0 spiro atoms. The number of amides is 1. The van der Waals surface area contributed by atoms with E-state index < -0.39 is 11.7 Å². The van der Waals surface area contributed by atoms with Crippen molar-refractivity contribution in [3.8, 4) is 5.69 Å². The molecule has 0 radical (unpaired) electrons. The molecule has 1 amide bonds. The molecule has 0 aliphatic carbocycles. The first kappa shape index (κ1) is 16.1. The van der Waals surface area contributed by atoms with E-state index in [9.17, 15) is 4.79 Å². The lowest BCUT2D eigenvalue weighted by molar-refractivity contribution is 0.0523. The number of rotatable bonds is 3. The number of aromatic nitrogens is 2. The molecule has 0 saturated carbocycles. The highest BCUT2D eigenvalue weighted by molar-refractivity contribution is 5.67. The average molecular weight is 301 g/mol. The van der Waals surface area contributed by atoms with Crippen molar-refractivity contribution < 1.29 is 9.53 Å². The Bertz CT molecular complexity index is 669. The molecule has 22 heavy (non-hydrogen) atoms. The third-order valence-corrected chi connectivity index (χ3v) is 3.00. The van der Waals surface area contributed by atoms with Gasteiger partial charge >= 0.3 is 6.09 Å². The van der Waals surface area contributed by atoms with Crippen molar-refractivity contribution in [2.75, 3.05) is 0 Å². The van der Waals surface area contributed by atoms with Crippen molar-refractivity contribution in [1.82, 2.24) is 15.1 Å². The lowest BCUT2D eigenvalue weighted by Gasteiger charge is -2.19. The Morgan fingerprint density at radius 2 is 2.00 bits per heavy atom. The molecule has 5 heteroatoms. The van der Waals surface area contributed by atoms with Crippen LogP contribution in [0.5, 0.6) is 0 Å². The van der Waals surface area contributed by atoms with Crippen LogP contribution in [0.4, 0.5) is 4.79 Å². The van der Waals surface area contributed by atoms with Crippen LogP contribution < -0.4 is 5.32 Å². The summed E-state index contributed by atoms with van der Waals surface area (Å²) in [4.78, 5) is 11.7. The van der Waals surface area contributed by atoms with Gasteiger partial charge in [0.1, 0.15) is 5.60 Å². The Morgan fingerprint density at radius 3 is 2.59 bits per heavy atom. The second-order valence-corrected chi connectivity index (χ2v) is 6.36. The summed E-state index contributed by atoms with van der Waals surface area (Å²) in [5, 5.41) is 7.23. The minimum atomic E-state index is -0.490. The first-order chi connectivity index (χ1) is 10.2. The lowest BCUT2D eigenvalue weighted by atomic mass is 10.2. The van der Waals surface area contributed by atoms with Crippen LogP contribution in [-0.2, 0) is 11.3 Å². The Balaban J connectivity index is 2.06. The maximum Gasteiger partial charge on any atom is 0.407 e. The van der Waals surface area contributed by atoms with E-state index in [0.717, 1.165) is 22.6 Å². The quantitative estimate of drug-likeness (QED) is 0.943. The molecule has 1 N–H and O–H groups in total. The average Bonchev–Trinajstić information content (AvgIpc) is 2.74. The van der Waals surface area contributed by atoms with Crippen LogP contribution in [0, 0.1) is 13.8 Å². The maximum absolute atomic E-state index is 11.7. The number of nitrogens with zero attached hydrogens (tertiary/aromatic N) is 2. The number of carbonyl (C=O) groups excluding carboxylic acids is 1. The normalized spacial score (nSPS) is 11.3. The van der Waals surface area contributed by atoms with Crippen molar-refractivity contribution in [3.05, 3.63) is 47.3 Å². The van der Waals surface area contributed by atoms with Gasteiger partial charge in [0.15, 0.2) is 0 Å². The van der Waals surface area contributed by atoms with Gasteiger partial charge in [-0.2, -0.15) is 5.10 Å². The summed E-state index contributed by atoms with van der Waals surface area (Å²) in [7, 11) is 0. The summed E-state index contributed by atoms with van der Waals surface area (Å²) in [6, 6.07) is 9.96. The Morgan fingerprint density at radius 1 is 1.27 bits per heavy atom. The molecule has 1 aromatic carbocycles. The Hall–Kier alpha value is -2.30. The number of benzene rings is 1. The highest BCUT2D eigenvalue weighted by Gasteiger charge is 2.15. The molecule has 0 aliphatic heterocycles. The predicted molar refractivity (Wildman–Crippen MR) is 86.1 cm³/mol. The van der Waals surface area contributed by atoms with E-state index in [1.165, 1.54) is 0 Å². The van der Waals surface area contributed by atoms with Gasteiger partial charge in [0, 0.05) is 12.2 Å². The standard InChI is InChI=1S/C17H23N3O2/c1-12-9-13(2)20(19-12)15-8-6-7-14(10-15)11-18-16(21)22-17(3,4)5/h6-10H,11H2,1-5H3,(H,18,21). The highest BCUT2D eigenvalue weighted by atomic mass is 16.6. The molecular formula is C17H23N3O2. The van der Waals surface area contributed by atoms with Crippen LogP contribution in [0.3, 0.4) is 0 Å². The second kappa shape index (κ2) is 6.22. The van der Waals surface area contributed by atoms with E-state index in [1.807, 2.05) is 69.6 Å². The molecule has 0 aliphatic rings. The first-order valence-corrected chi connectivity index (χ1v) is 7.34. The minimum Gasteiger partial charge on any atom is -0.444 e. The molecule has 0 saturated heterocycles. The number of carbonyl (C=O) groups is 1. The smallest absolute Gasteiger partial charge is 0.407 e. The van der Waals surface area contributed by atoms with Crippen LogP contribution >= 0.6 is 0 Å². The van der Waals surface area contributed by atoms with Crippen LogP contribution in [0.15, 0.2) is 30.3 Å². The minimum absolute atomic E-state index is 0.413. The summed E-state index contributed by atoms with van der Waals surface area (Å²) in [5.41, 5.74) is 3.55. The molecule has 1 aromatic heterocycles. The second-order valence-electron chi connectivity index (χ2n) is 6.36. The zero-order valence-corrected chi connectivity index (χ0v) is 13.8. The van der Waals surface area contributed by atoms with Gasteiger partial charge in [-0.25, -0.2) is 9.48 Å². The number of hydrogen-bond acceptors (Lipinski definition) is 3. The van der Waals surface area contributed by atoms with Gasteiger partial charge in [-0.1, -0.05) is 12.1 Å². The fourth-order valence-electron chi connectivity index (χ4n) is 2.18. The molecule has 0 unspecified atom stereocenters. The van der Waals surface area contributed by atoms with Gasteiger partial charge in [-0.3, -0.25) is 0 Å². The molecule has 5 nitrogen and oxygen atoms in total. The Labute approximate surface area is 131 Å². The van der Waals surface area contributed by atoms with Crippen molar-refractivity contribution in [3.63, 3.8) is 0 Å². The van der Waals surface area contributed by atoms with E-state index in [-0.39, 0.29) is 0 Å². The third-order valence-electron chi connectivity index (χ3n) is 3.00.